The van der Waals surface area contributed by atoms with Crippen molar-refractivity contribution in [3.8, 4) is 0 Å². The Morgan fingerprint density at radius 1 is 1.50 bits per heavy atom. The molecule has 0 spiro atoms. The number of ether oxygens (including phenoxy) is 1. The summed E-state index contributed by atoms with van der Waals surface area (Å²) in [5.41, 5.74) is 1.12. The van der Waals surface area contributed by atoms with Gasteiger partial charge in [-0.25, -0.2) is 0 Å². The number of nitrogens with one attached hydrogen (secondary N) is 2. The Morgan fingerprint density at radius 3 is 2.90 bits per heavy atom. The fraction of sp³-hybridized carbons (Fsp3) is 0.692. The molecule has 6 nitrogen and oxygen atoms in total. The molecule has 2 rings (SSSR count). The van der Waals surface area contributed by atoms with Crippen molar-refractivity contribution >= 4 is 29.9 Å². The number of aryl methyl sites for hydroxylation is 1. The highest BCUT2D eigenvalue weighted by Crippen LogP contribution is 2.28. The molecule has 1 fully saturated rings. The summed E-state index contributed by atoms with van der Waals surface area (Å²) in [6.07, 6.45) is 4.46. The molecule has 1 aromatic rings. The molecule has 2 N–H and O–H groups in total. The van der Waals surface area contributed by atoms with Gasteiger partial charge in [-0.15, -0.1) is 24.0 Å². The number of guanidine groups is 1. The lowest BCUT2D eigenvalue weighted by atomic mass is 10.4. The van der Waals surface area contributed by atoms with E-state index in [0.29, 0.717) is 6.54 Å². The fourth-order valence-corrected chi connectivity index (χ4v) is 1.75. The first-order valence-corrected chi connectivity index (χ1v) is 6.78. The van der Waals surface area contributed by atoms with Crippen molar-refractivity contribution in [2.45, 2.75) is 19.4 Å². The van der Waals surface area contributed by atoms with Gasteiger partial charge in [0.2, 0.25) is 0 Å². The van der Waals surface area contributed by atoms with Gasteiger partial charge in [0.1, 0.15) is 0 Å². The zero-order valence-electron chi connectivity index (χ0n) is 12.1. The second kappa shape index (κ2) is 9.17. The Balaban J connectivity index is 0.00000200. The van der Waals surface area contributed by atoms with Gasteiger partial charge >= 0.3 is 0 Å². The molecule has 114 valence electrons. The summed E-state index contributed by atoms with van der Waals surface area (Å²) < 4.78 is 7.41. The average molecular weight is 393 g/mol. The lowest BCUT2D eigenvalue weighted by molar-refractivity contribution is 0.129. The Bertz CT molecular complexity index is 417. The van der Waals surface area contributed by atoms with Gasteiger partial charge in [-0.05, 0) is 24.8 Å². The Morgan fingerprint density at radius 2 is 2.30 bits per heavy atom. The predicted octanol–water partition coefficient (Wildman–Crippen LogP) is 1.13. The highest BCUT2D eigenvalue weighted by atomic mass is 127. The molecule has 0 atom stereocenters. The Hall–Kier alpha value is -0.830. The van der Waals surface area contributed by atoms with E-state index >= 15 is 0 Å². The van der Waals surface area contributed by atoms with Crippen molar-refractivity contribution in [2.24, 2.45) is 18.0 Å². The zero-order valence-corrected chi connectivity index (χ0v) is 14.5. The highest BCUT2D eigenvalue weighted by molar-refractivity contribution is 14.0. The van der Waals surface area contributed by atoms with Crippen molar-refractivity contribution in [1.29, 1.82) is 0 Å². The second-order valence-corrected chi connectivity index (χ2v) is 4.82. The van der Waals surface area contributed by atoms with E-state index in [-0.39, 0.29) is 24.0 Å². The molecule has 0 bridgehead atoms. The molecule has 1 aliphatic carbocycles. The van der Waals surface area contributed by atoms with Gasteiger partial charge < -0.3 is 15.4 Å². The van der Waals surface area contributed by atoms with Gasteiger partial charge in [0.15, 0.2) is 5.96 Å². The minimum atomic E-state index is 0. The molecule has 0 amide bonds. The summed E-state index contributed by atoms with van der Waals surface area (Å²) in [6.45, 7) is 3.11. The quantitative estimate of drug-likeness (QED) is 0.316. The molecule has 1 aromatic heterocycles. The van der Waals surface area contributed by atoms with E-state index in [1.807, 2.05) is 17.8 Å². The zero-order chi connectivity index (χ0) is 13.5. The summed E-state index contributed by atoms with van der Waals surface area (Å²) >= 11 is 0. The van der Waals surface area contributed by atoms with E-state index in [1.54, 1.807) is 13.2 Å². The highest BCUT2D eigenvalue weighted by Gasteiger charge is 2.20. The first kappa shape index (κ1) is 17.2. The largest absolute Gasteiger partial charge is 0.379 e. The minimum absolute atomic E-state index is 0. The van der Waals surface area contributed by atoms with E-state index in [4.69, 9.17) is 4.74 Å². The SMILES string of the molecule is CN=C(NCCOCC1CC1)NCc1ccnn1C.I. The van der Waals surface area contributed by atoms with Crippen LogP contribution in [0.25, 0.3) is 0 Å². The summed E-state index contributed by atoms with van der Waals surface area (Å²) in [5.74, 6) is 1.61. The molecular weight excluding hydrogens is 369 g/mol. The van der Waals surface area contributed by atoms with Crippen molar-refractivity contribution in [2.75, 3.05) is 26.8 Å². The van der Waals surface area contributed by atoms with Crippen LogP contribution in [0.3, 0.4) is 0 Å². The van der Waals surface area contributed by atoms with Crippen molar-refractivity contribution in [3.63, 3.8) is 0 Å². The summed E-state index contributed by atoms with van der Waals surface area (Å²) in [5, 5.41) is 10.6. The molecule has 0 saturated heterocycles. The summed E-state index contributed by atoms with van der Waals surface area (Å²) in [6, 6.07) is 1.99. The van der Waals surface area contributed by atoms with Gasteiger partial charge in [-0.3, -0.25) is 9.67 Å². The number of aromatic nitrogens is 2. The number of hydrogen-bond donors (Lipinski definition) is 2. The minimum Gasteiger partial charge on any atom is -0.379 e. The van der Waals surface area contributed by atoms with Crippen LogP contribution in [-0.4, -0.2) is 42.5 Å². The van der Waals surface area contributed by atoms with Crippen molar-refractivity contribution < 1.29 is 4.74 Å². The summed E-state index contributed by atoms with van der Waals surface area (Å²) in [4.78, 5) is 4.17. The van der Waals surface area contributed by atoms with Gasteiger partial charge in [-0.1, -0.05) is 0 Å². The number of rotatable bonds is 7. The van der Waals surface area contributed by atoms with Gasteiger partial charge in [0.25, 0.3) is 0 Å². The third-order valence-electron chi connectivity index (χ3n) is 3.17. The third-order valence-corrected chi connectivity index (χ3v) is 3.17. The van der Waals surface area contributed by atoms with Crippen LogP contribution in [0.15, 0.2) is 17.3 Å². The lowest BCUT2D eigenvalue weighted by Gasteiger charge is -2.12. The molecule has 0 aliphatic heterocycles. The van der Waals surface area contributed by atoms with Crippen LogP contribution in [-0.2, 0) is 18.3 Å². The van der Waals surface area contributed by atoms with Crippen LogP contribution in [0.2, 0.25) is 0 Å². The third kappa shape index (κ3) is 6.08. The fourth-order valence-electron chi connectivity index (χ4n) is 1.75. The maximum absolute atomic E-state index is 5.56. The lowest BCUT2D eigenvalue weighted by Crippen LogP contribution is -2.38. The van der Waals surface area contributed by atoms with E-state index in [1.165, 1.54) is 12.8 Å². The molecule has 20 heavy (non-hydrogen) atoms. The van der Waals surface area contributed by atoms with Crippen molar-refractivity contribution in [3.05, 3.63) is 18.0 Å². The normalized spacial score (nSPS) is 14.8. The number of hydrogen-bond acceptors (Lipinski definition) is 3. The second-order valence-electron chi connectivity index (χ2n) is 4.82. The van der Waals surface area contributed by atoms with Gasteiger partial charge in [0.05, 0.1) is 18.8 Å². The van der Waals surface area contributed by atoms with E-state index in [9.17, 15) is 0 Å². The molecule has 1 heterocycles. The molecule has 0 unspecified atom stereocenters. The number of nitrogens with zero attached hydrogens (tertiary/aromatic N) is 3. The molecule has 0 radical (unpaired) electrons. The van der Waals surface area contributed by atoms with Gasteiger partial charge in [-0.2, -0.15) is 5.10 Å². The van der Waals surface area contributed by atoms with Crippen LogP contribution >= 0.6 is 24.0 Å². The van der Waals surface area contributed by atoms with Crippen molar-refractivity contribution in [1.82, 2.24) is 20.4 Å². The predicted molar refractivity (Wildman–Crippen MR) is 90.4 cm³/mol. The standard InChI is InChI=1S/C13H23N5O.HI/c1-14-13(15-7-8-19-10-11-3-4-11)16-9-12-5-6-17-18(12)2;/h5-6,11H,3-4,7-10H2,1-2H3,(H2,14,15,16);1H. The molecule has 0 aromatic carbocycles. The van der Waals surface area contributed by atoms with E-state index in [0.717, 1.165) is 37.3 Å². The van der Waals surface area contributed by atoms with Crippen LogP contribution < -0.4 is 10.6 Å². The number of halogens is 1. The molecular formula is C13H24IN5O. The molecule has 1 saturated carbocycles. The first-order chi connectivity index (χ1) is 9.29. The molecule has 7 heteroatoms. The van der Waals surface area contributed by atoms with Crippen LogP contribution in [0, 0.1) is 5.92 Å². The maximum Gasteiger partial charge on any atom is 0.191 e. The van der Waals surface area contributed by atoms with Gasteiger partial charge in [0, 0.05) is 33.4 Å². The Labute approximate surface area is 137 Å². The molecule has 1 aliphatic rings. The van der Waals surface area contributed by atoms with E-state index in [2.05, 4.69) is 20.7 Å². The average Bonchev–Trinajstić information content (AvgIpc) is 3.15. The maximum atomic E-state index is 5.56. The first-order valence-electron chi connectivity index (χ1n) is 6.78. The number of aliphatic imine (C=N–C) groups is 1. The monoisotopic (exact) mass is 393 g/mol. The van der Waals surface area contributed by atoms with Crippen LogP contribution in [0.5, 0.6) is 0 Å². The van der Waals surface area contributed by atoms with Crippen LogP contribution in [0.1, 0.15) is 18.5 Å². The van der Waals surface area contributed by atoms with E-state index < -0.39 is 0 Å². The smallest absolute Gasteiger partial charge is 0.191 e. The van der Waals surface area contributed by atoms with Crippen LogP contribution in [0.4, 0.5) is 0 Å². The Kier molecular flexibility index (Phi) is 7.90. The summed E-state index contributed by atoms with van der Waals surface area (Å²) in [7, 11) is 3.70. The topological polar surface area (TPSA) is 63.5 Å².